The molecule has 1 fully saturated rings. The van der Waals surface area contributed by atoms with Gasteiger partial charge in [-0.1, -0.05) is 71.6 Å². The summed E-state index contributed by atoms with van der Waals surface area (Å²) >= 11 is 8.35. The van der Waals surface area contributed by atoms with Crippen LogP contribution in [-0.2, 0) is 11.3 Å². The second-order valence-corrected chi connectivity index (χ2v) is 9.66. The fourth-order valence-electron chi connectivity index (χ4n) is 3.26. The highest BCUT2D eigenvalue weighted by Crippen LogP contribution is 2.24. The van der Waals surface area contributed by atoms with Gasteiger partial charge in [0.1, 0.15) is 0 Å². The molecule has 0 radical (unpaired) electrons. The van der Waals surface area contributed by atoms with Gasteiger partial charge in [-0.05, 0) is 29.9 Å². The molecular formula is C21H22N4OS3. The number of carbonyl (C=O) groups is 1. The maximum absolute atomic E-state index is 12.6. The van der Waals surface area contributed by atoms with Gasteiger partial charge in [0, 0.05) is 32.7 Å². The summed E-state index contributed by atoms with van der Waals surface area (Å²) in [6.45, 7) is 4.32. The molecule has 0 N–H and O–H groups in total. The lowest BCUT2D eigenvalue weighted by Crippen LogP contribution is -2.48. The van der Waals surface area contributed by atoms with E-state index in [1.54, 1.807) is 4.68 Å². The second-order valence-electron chi connectivity index (χ2n) is 6.81. The van der Waals surface area contributed by atoms with Crippen molar-refractivity contribution in [3.63, 3.8) is 0 Å². The monoisotopic (exact) mass is 442 g/mol. The topological polar surface area (TPSA) is 41.4 Å². The lowest BCUT2D eigenvalue weighted by Gasteiger charge is -2.34. The quantitative estimate of drug-likeness (QED) is 0.425. The Morgan fingerprint density at radius 3 is 2.34 bits per heavy atom. The van der Waals surface area contributed by atoms with Crippen molar-refractivity contribution in [3.8, 4) is 5.69 Å². The third-order valence-electron chi connectivity index (χ3n) is 4.82. The molecule has 1 aliphatic rings. The molecule has 0 spiro atoms. The molecule has 1 amide bonds. The van der Waals surface area contributed by atoms with Crippen LogP contribution in [0.25, 0.3) is 5.69 Å². The summed E-state index contributed by atoms with van der Waals surface area (Å²) in [7, 11) is 0. The molecule has 0 bridgehead atoms. The number of piperazine rings is 1. The zero-order chi connectivity index (χ0) is 20.1. The van der Waals surface area contributed by atoms with Gasteiger partial charge in [0.15, 0.2) is 8.29 Å². The van der Waals surface area contributed by atoms with Gasteiger partial charge in [-0.3, -0.25) is 9.69 Å². The first kappa shape index (κ1) is 20.3. The summed E-state index contributed by atoms with van der Waals surface area (Å²) < 4.78 is 3.28. The molecular weight excluding hydrogens is 420 g/mol. The number of para-hydroxylation sites is 1. The highest BCUT2D eigenvalue weighted by Gasteiger charge is 2.21. The molecule has 0 atom stereocenters. The number of amides is 1. The summed E-state index contributed by atoms with van der Waals surface area (Å²) in [4.78, 5) is 17.0. The summed E-state index contributed by atoms with van der Waals surface area (Å²) in [5, 5.41) is 4.57. The van der Waals surface area contributed by atoms with E-state index < -0.39 is 0 Å². The van der Waals surface area contributed by atoms with Gasteiger partial charge < -0.3 is 4.90 Å². The summed E-state index contributed by atoms with van der Waals surface area (Å²) in [6, 6.07) is 20.3. The van der Waals surface area contributed by atoms with E-state index in [1.165, 1.54) is 28.7 Å². The van der Waals surface area contributed by atoms with E-state index in [4.69, 9.17) is 12.2 Å². The van der Waals surface area contributed by atoms with Gasteiger partial charge in [0.25, 0.3) is 0 Å². The van der Waals surface area contributed by atoms with Crippen molar-refractivity contribution in [2.24, 2.45) is 0 Å². The predicted molar refractivity (Wildman–Crippen MR) is 121 cm³/mol. The Hall–Kier alpha value is -2.00. The maximum Gasteiger partial charge on any atom is 0.233 e. The number of carbonyl (C=O) groups excluding carboxylic acids is 1. The number of rotatable bonds is 6. The van der Waals surface area contributed by atoms with Crippen LogP contribution in [0.2, 0.25) is 0 Å². The third-order valence-corrected chi connectivity index (χ3v) is 7.17. The van der Waals surface area contributed by atoms with E-state index in [9.17, 15) is 4.79 Å². The third kappa shape index (κ3) is 5.33. The van der Waals surface area contributed by atoms with Crippen LogP contribution in [0.3, 0.4) is 0 Å². The van der Waals surface area contributed by atoms with Gasteiger partial charge in [-0.15, -0.1) is 5.10 Å². The van der Waals surface area contributed by atoms with Crippen LogP contribution in [0.1, 0.15) is 5.56 Å². The van der Waals surface area contributed by atoms with Crippen molar-refractivity contribution in [1.82, 2.24) is 19.6 Å². The highest BCUT2D eigenvalue weighted by atomic mass is 32.2. The van der Waals surface area contributed by atoms with Crippen LogP contribution >= 0.6 is 35.3 Å². The Morgan fingerprint density at radius 1 is 1.00 bits per heavy atom. The van der Waals surface area contributed by atoms with E-state index in [-0.39, 0.29) is 5.91 Å². The molecule has 1 aliphatic heterocycles. The predicted octanol–water partition coefficient (Wildman–Crippen LogP) is 4.10. The molecule has 0 saturated carbocycles. The molecule has 5 nitrogen and oxygen atoms in total. The summed E-state index contributed by atoms with van der Waals surface area (Å²) in [6.07, 6.45) is 0. The van der Waals surface area contributed by atoms with E-state index in [1.807, 2.05) is 41.3 Å². The molecule has 150 valence electrons. The Morgan fingerprint density at radius 2 is 1.66 bits per heavy atom. The average molecular weight is 443 g/mol. The van der Waals surface area contributed by atoms with Crippen LogP contribution in [-0.4, -0.2) is 57.4 Å². The first-order chi connectivity index (χ1) is 14.2. The van der Waals surface area contributed by atoms with Gasteiger partial charge in [-0.25, -0.2) is 4.68 Å². The average Bonchev–Trinajstić information content (AvgIpc) is 3.14. The molecule has 1 aromatic heterocycles. The first-order valence-corrected chi connectivity index (χ1v) is 11.7. The Labute approximate surface area is 184 Å². The van der Waals surface area contributed by atoms with Crippen LogP contribution in [0.4, 0.5) is 0 Å². The standard InChI is InChI=1S/C21H22N4OS3/c26-19(24-13-11-23(12-14-24)15-17-7-3-1-4-8-17)16-28-20-22-25(21(27)29-20)18-9-5-2-6-10-18/h1-10H,11-16H2. The Balaban J connectivity index is 1.27. The number of aromatic nitrogens is 2. The van der Waals surface area contributed by atoms with Crippen molar-refractivity contribution in [1.29, 1.82) is 0 Å². The first-order valence-electron chi connectivity index (χ1n) is 9.51. The van der Waals surface area contributed by atoms with E-state index >= 15 is 0 Å². The Kier molecular flexibility index (Phi) is 6.76. The zero-order valence-corrected chi connectivity index (χ0v) is 18.4. The van der Waals surface area contributed by atoms with E-state index in [2.05, 4.69) is 34.3 Å². The van der Waals surface area contributed by atoms with Crippen molar-refractivity contribution in [3.05, 3.63) is 70.2 Å². The van der Waals surface area contributed by atoms with Crippen LogP contribution < -0.4 is 0 Å². The lowest BCUT2D eigenvalue weighted by atomic mass is 10.2. The minimum absolute atomic E-state index is 0.168. The molecule has 29 heavy (non-hydrogen) atoms. The Bertz CT molecular complexity index is 996. The highest BCUT2D eigenvalue weighted by molar-refractivity contribution is 8.01. The molecule has 3 aromatic rings. The molecule has 2 aromatic carbocycles. The molecule has 0 aliphatic carbocycles. The fourth-order valence-corrected chi connectivity index (χ4v) is 5.53. The van der Waals surface area contributed by atoms with Crippen molar-refractivity contribution in [2.45, 2.75) is 10.9 Å². The number of thioether (sulfide) groups is 1. The van der Waals surface area contributed by atoms with Gasteiger partial charge in [0.05, 0.1) is 11.4 Å². The summed E-state index contributed by atoms with van der Waals surface area (Å²) in [5.41, 5.74) is 2.26. The van der Waals surface area contributed by atoms with Crippen LogP contribution in [0, 0.1) is 3.95 Å². The van der Waals surface area contributed by atoms with Crippen LogP contribution in [0.5, 0.6) is 0 Å². The molecule has 1 saturated heterocycles. The minimum atomic E-state index is 0.168. The lowest BCUT2D eigenvalue weighted by molar-refractivity contribution is -0.130. The molecule has 2 heterocycles. The van der Waals surface area contributed by atoms with Gasteiger partial charge in [-0.2, -0.15) is 0 Å². The van der Waals surface area contributed by atoms with Gasteiger partial charge >= 0.3 is 0 Å². The van der Waals surface area contributed by atoms with Crippen molar-refractivity contribution in [2.75, 3.05) is 31.9 Å². The second kappa shape index (κ2) is 9.67. The van der Waals surface area contributed by atoms with Crippen LogP contribution in [0.15, 0.2) is 65.0 Å². The normalized spacial score (nSPS) is 14.8. The van der Waals surface area contributed by atoms with E-state index in [0.717, 1.165) is 42.8 Å². The van der Waals surface area contributed by atoms with Crippen molar-refractivity contribution >= 4 is 41.2 Å². The van der Waals surface area contributed by atoms with Gasteiger partial charge in [0.2, 0.25) is 5.91 Å². The largest absolute Gasteiger partial charge is 0.339 e. The molecule has 4 rings (SSSR count). The summed E-state index contributed by atoms with van der Waals surface area (Å²) in [5.74, 6) is 0.567. The molecule has 8 heteroatoms. The fraction of sp³-hybridized carbons (Fsp3) is 0.286. The number of nitrogens with zero attached hydrogens (tertiary/aromatic N) is 4. The zero-order valence-electron chi connectivity index (χ0n) is 15.9. The maximum atomic E-state index is 12.6. The number of benzene rings is 2. The van der Waals surface area contributed by atoms with E-state index in [0.29, 0.717) is 9.71 Å². The smallest absolute Gasteiger partial charge is 0.233 e. The van der Waals surface area contributed by atoms with Crippen molar-refractivity contribution < 1.29 is 4.79 Å². The number of hydrogen-bond acceptors (Lipinski definition) is 6. The molecule has 0 unspecified atom stereocenters. The number of hydrogen-bond donors (Lipinski definition) is 0. The minimum Gasteiger partial charge on any atom is -0.339 e. The SMILES string of the molecule is O=C(CSc1nn(-c2ccccc2)c(=S)s1)N1CCN(Cc2ccccc2)CC1.